The molecule has 0 unspecified atom stereocenters. The van der Waals surface area contributed by atoms with E-state index in [1.54, 1.807) is 18.3 Å². The highest BCUT2D eigenvalue weighted by Crippen LogP contribution is 2.42. The summed E-state index contributed by atoms with van der Waals surface area (Å²) in [5, 5.41) is 1.03. The van der Waals surface area contributed by atoms with Crippen LogP contribution >= 0.6 is 0 Å². The fourth-order valence-corrected chi connectivity index (χ4v) is 3.78. The second-order valence-corrected chi connectivity index (χ2v) is 6.27. The summed E-state index contributed by atoms with van der Waals surface area (Å²) in [6, 6.07) is 6.25. The number of fused-ring (bicyclic) bond motifs is 1. The lowest BCUT2D eigenvalue weighted by Crippen LogP contribution is -2.06. The zero-order valence-corrected chi connectivity index (χ0v) is 12.8. The first-order valence-corrected chi connectivity index (χ1v) is 8.15. The van der Waals surface area contributed by atoms with Crippen molar-refractivity contribution < 1.29 is 8.78 Å². The van der Waals surface area contributed by atoms with E-state index in [4.69, 9.17) is 0 Å². The van der Waals surface area contributed by atoms with Crippen LogP contribution < -0.4 is 0 Å². The van der Waals surface area contributed by atoms with Crippen molar-refractivity contribution in [1.82, 2.24) is 9.97 Å². The molecule has 0 atom stereocenters. The summed E-state index contributed by atoms with van der Waals surface area (Å²) in [6.07, 6.45) is 9.34. The molecular weight excluding hydrogens is 294 g/mol. The van der Waals surface area contributed by atoms with Crippen LogP contribution in [0.25, 0.3) is 22.2 Å². The van der Waals surface area contributed by atoms with Crippen molar-refractivity contribution in [3.8, 4) is 11.3 Å². The molecule has 0 spiro atoms. The molecule has 1 aliphatic rings. The molecule has 0 amide bonds. The number of pyridine rings is 1. The van der Waals surface area contributed by atoms with Crippen LogP contribution in [0.15, 0.2) is 36.7 Å². The highest BCUT2D eigenvalue weighted by molar-refractivity contribution is 5.90. The van der Waals surface area contributed by atoms with Crippen LogP contribution in [0, 0.1) is 11.6 Å². The van der Waals surface area contributed by atoms with Crippen molar-refractivity contribution in [2.75, 3.05) is 0 Å². The Hall–Kier alpha value is -2.23. The fourth-order valence-electron chi connectivity index (χ4n) is 3.78. The summed E-state index contributed by atoms with van der Waals surface area (Å²) in [5.41, 5.74) is 3.04. The summed E-state index contributed by atoms with van der Waals surface area (Å²) >= 11 is 0. The van der Waals surface area contributed by atoms with Crippen LogP contribution in [-0.2, 0) is 0 Å². The number of benzene rings is 1. The third kappa shape index (κ3) is 2.42. The van der Waals surface area contributed by atoms with Crippen molar-refractivity contribution >= 4 is 10.9 Å². The maximum absolute atomic E-state index is 14.4. The molecule has 1 N–H and O–H groups in total. The van der Waals surface area contributed by atoms with Gasteiger partial charge in [-0.3, -0.25) is 4.98 Å². The molecule has 1 aromatic carbocycles. The smallest absolute Gasteiger partial charge is 0.168 e. The van der Waals surface area contributed by atoms with Crippen molar-refractivity contribution in [2.45, 2.75) is 38.0 Å². The zero-order valence-electron chi connectivity index (χ0n) is 12.8. The van der Waals surface area contributed by atoms with Crippen LogP contribution in [0.3, 0.4) is 0 Å². The Morgan fingerprint density at radius 2 is 1.87 bits per heavy atom. The largest absolute Gasteiger partial charge is 0.354 e. The number of H-pyrrole nitrogens is 1. The molecule has 1 aliphatic carbocycles. The minimum atomic E-state index is -0.811. The maximum atomic E-state index is 14.4. The lowest BCUT2D eigenvalue weighted by molar-refractivity contribution is 0.446. The summed E-state index contributed by atoms with van der Waals surface area (Å²) in [5.74, 6) is -1.22. The maximum Gasteiger partial charge on any atom is 0.168 e. The van der Waals surface area contributed by atoms with Crippen LogP contribution in [-0.4, -0.2) is 9.97 Å². The van der Waals surface area contributed by atoms with Gasteiger partial charge in [0.25, 0.3) is 0 Å². The summed E-state index contributed by atoms with van der Waals surface area (Å²) in [4.78, 5) is 7.53. The quantitative estimate of drug-likeness (QED) is 0.659. The Balaban J connectivity index is 1.96. The van der Waals surface area contributed by atoms with Gasteiger partial charge in [0.15, 0.2) is 11.6 Å². The van der Waals surface area contributed by atoms with E-state index >= 15 is 0 Å². The lowest BCUT2D eigenvalue weighted by atomic mass is 9.82. The molecule has 4 heteroatoms. The first-order valence-electron chi connectivity index (χ1n) is 8.15. The summed E-state index contributed by atoms with van der Waals surface area (Å²) in [7, 11) is 0. The lowest BCUT2D eigenvalue weighted by Gasteiger charge is -2.23. The second-order valence-electron chi connectivity index (χ2n) is 6.27. The van der Waals surface area contributed by atoms with Gasteiger partial charge in [0.2, 0.25) is 0 Å². The number of aromatic nitrogens is 2. The van der Waals surface area contributed by atoms with Gasteiger partial charge in [0.05, 0.1) is 5.69 Å². The first-order chi connectivity index (χ1) is 11.3. The monoisotopic (exact) mass is 312 g/mol. The molecule has 0 aliphatic heterocycles. The van der Waals surface area contributed by atoms with Gasteiger partial charge in [-0.1, -0.05) is 25.3 Å². The number of nitrogens with one attached hydrogen (secondary N) is 1. The molecule has 0 bridgehead atoms. The van der Waals surface area contributed by atoms with E-state index in [0.29, 0.717) is 17.2 Å². The van der Waals surface area contributed by atoms with Crippen LogP contribution in [0.1, 0.15) is 43.6 Å². The molecule has 1 fully saturated rings. The van der Waals surface area contributed by atoms with E-state index in [0.717, 1.165) is 35.4 Å². The minimum absolute atomic E-state index is 0.307. The number of rotatable bonds is 2. The van der Waals surface area contributed by atoms with Gasteiger partial charge in [-0.15, -0.1) is 0 Å². The molecule has 4 rings (SSSR count). The number of halogens is 2. The molecule has 2 aromatic heterocycles. The highest BCUT2D eigenvalue weighted by Gasteiger charge is 2.25. The molecule has 118 valence electrons. The number of hydrogen-bond donors (Lipinski definition) is 1. The molecule has 2 nitrogen and oxygen atoms in total. The summed E-state index contributed by atoms with van der Waals surface area (Å²) < 4.78 is 28.0. The van der Waals surface area contributed by atoms with Gasteiger partial charge in [-0.05, 0) is 42.5 Å². The average Bonchev–Trinajstić information content (AvgIpc) is 2.97. The van der Waals surface area contributed by atoms with Gasteiger partial charge in [0.1, 0.15) is 0 Å². The molecule has 23 heavy (non-hydrogen) atoms. The topological polar surface area (TPSA) is 28.7 Å². The first kappa shape index (κ1) is 14.4. The van der Waals surface area contributed by atoms with E-state index < -0.39 is 11.6 Å². The number of hydrogen-bond acceptors (Lipinski definition) is 1. The number of aromatic amines is 1. The molecule has 1 saturated carbocycles. The Morgan fingerprint density at radius 3 is 2.70 bits per heavy atom. The highest BCUT2D eigenvalue weighted by atomic mass is 19.2. The molecule has 3 aromatic rings. The minimum Gasteiger partial charge on any atom is -0.354 e. The van der Waals surface area contributed by atoms with E-state index in [1.807, 2.05) is 12.3 Å². The van der Waals surface area contributed by atoms with Crippen LogP contribution in [0.2, 0.25) is 0 Å². The fraction of sp³-hybridized carbons (Fsp3) is 0.316. The van der Waals surface area contributed by atoms with Crippen LogP contribution in [0.5, 0.6) is 0 Å². The van der Waals surface area contributed by atoms with Gasteiger partial charge in [-0.2, -0.15) is 0 Å². The Morgan fingerprint density at radius 1 is 1.04 bits per heavy atom. The van der Waals surface area contributed by atoms with E-state index in [1.165, 1.54) is 19.3 Å². The second kappa shape index (κ2) is 5.76. The standard InChI is InChI=1S/C19H18F2N2/c20-15-8-4-7-13(18(15)21)19-17(12-5-2-1-3-6-12)14-11-22-10-9-16(14)23-19/h4,7-12,23H,1-3,5-6H2. The molecule has 2 heterocycles. The zero-order chi connectivity index (χ0) is 15.8. The Labute approximate surface area is 133 Å². The third-order valence-electron chi connectivity index (χ3n) is 4.87. The summed E-state index contributed by atoms with van der Waals surface area (Å²) in [6.45, 7) is 0. The van der Waals surface area contributed by atoms with Gasteiger partial charge < -0.3 is 4.98 Å². The Bertz CT molecular complexity index is 848. The third-order valence-corrected chi connectivity index (χ3v) is 4.87. The Kier molecular flexibility index (Phi) is 3.60. The SMILES string of the molecule is Fc1cccc(-c2[nH]c3ccncc3c2C2CCCCC2)c1F. The van der Waals surface area contributed by atoms with E-state index in [-0.39, 0.29) is 0 Å². The van der Waals surface area contributed by atoms with Gasteiger partial charge >= 0.3 is 0 Å². The van der Waals surface area contributed by atoms with E-state index in [9.17, 15) is 8.78 Å². The van der Waals surface area contributed by atoms with Crippen LogP contribution in [0.4, 0.5) is 8.78 Å². The normalized spacial score (nSPS) is 16.1. The van der Waals surface area contributed by atoms with Gasteiger partial charge in [0, 0.05) is 28.9 Å². The van der Waals surface area contributed by atoms with E-state index in [2.05, 4.69) is 9.97 Å². The van der Waals surface area contributed by atoms with Crippen molar-refractivity contribution in [1.29, 1.82) is 0 Å². The van der Waals surface area contributed by atoms with Gasteiger partial charge in [-0.25, -0.2) is 8.78 Å². The van der Waals surface area contributed by atoms with Crippen molar-refractivity contribution in [2.24, 2.45) is 0 Å². The molecule has 0 radical (unpaired) electrons. The molecular formula is C19H18F2N2. The van der Waals surface area contributed by atoms with Crippen molar-refractivity contribution in [3.05, 3.63) is 53.9 Å². The molecule has 0 saturated heterocycles. The predicted octanol–water partition coefficient (Wildman–Crippen LogP) is 5.56. The average molecular weight is 312 g/mol. The predicted molar refractivity (Wildman–Crippen MR) is 87.3 cm³/mol. The number of nitrogens with zero attached hydrogens (tertiary/aromatic N) is 1. The van der Waals surface area contributed by atoms with Crippen molar-refractivity contribution in [3.63, 3.8) is 0 Å².